The molecule has 1 rings (SSSR count). The summed E-state index contributed by atoms with van der Waals surface area (Å²) in [6, 6.07) is 0. The standard InChI is InChI=1S/C10H11O2/c1-8-3-5-10(6-4-8)7-12-9(2)11/h3-6H,1,7H2,2H3/q+1. The lowest BCUT2D eigenvalue weighted by Gasteiger charge is -2.01. The number of hydrogen-bond donors (Lipinski definition) is 0. The predicted octanol–water partition coefficient (Wildman–Crippen LogP) is 1.81. The maximum absolute atomic E-state index is 10.4. The maximum atomic E-state index is 10.4. The first-order valence-electron chi connectivity index (χ1n) is 3.73. The Bertz CT molecular complexity index is 259. The average molecular weight is 163 g/mol. The summed E-state index contributed by atoms with van der Waals surface area (Å²) in [5.41, 5.74) is 1.94. The lowest BCUT2D eigenvalue weighted by molar-refractivity contribution is -0.139. The highest BCUT2D eigenvalue weighted by Crippen LogP contribution is 2.12. The van der Waals surface area contributed by atoms with Crippen LogP contribution in [0.15, 0.2) is 36.0 Å². The molecular weight excluding hydrogens is 152 g/mol. The monoisotopic (exact) mass is 163 g/mol. The number of hydrogen-bond acceptors (Lipinski definition) is 2. The minimum Gasteiger partial charge on any atom is -0.450 e. The summed E-state index contributed by atoms with van der Waals surface area (Å²) in [7, 11) is 0. The number of allylic oxidation sites excluding steroid dienone is 3. The van der Waals surface area contributed by atoms with Crippen molar-refractivity contribution in [2.45, 2.75) is 6.92 Å². The summed E-state index contributed by atoms with van der Waals surface area (Å²) >= 11 is 0. The highest BCUT2D eigenvalue weighted by atomic mass is 16.5. The molecule has 12 heavy (non-hydrogen) atoms. The molecule has 0 spiro atoms. The number of esters is 1. The Morgan fingerprint density at radius 3 is 2.92 bits per heavy atom. The molecule has 0 saturated heterocycles. The first-order valence-corrected chi connectivity index (χ1v) is 3.73. The van der Waals surface area contributed by atoms with Crippen LogP contribution in [-0.4, -0.2) is 12.6 Å². The molecule has 62 valence electrons. The Kier molecular flexibility index (Phi) is 2.75. The first kappa shape index (κ1) is 8.65. The molecule has 0 aromatic rings. The van der Waals surface area contributed by atoms with Gasteiger partial charge in [0.15, 0.2) is 0 Å². The van der Waals surface area contributed by atoms with Crippen molar-refractivity contribution in [1.29, 1.82) is 0 Å². The zero-order valence-electron chi connectivity index (χ0n) is 7.04. The topological polar surface area (TPSA) is 26.3 Å². The van der Waals surface area contributed by atoms with Gasteiger partial charge in [-0.25, -0.2) is 0 Å². The van der Waals surface area contributed by atoms with Gasteiger partial charge in [-0.2, -0.15) is 0 Å². The van der Waals surface area contributed by atoms with E-state index in [4.69, 9.17) is 4.74 Å². The van der Waals surface area contributed by atoms with Crippen molar-refractivity contribution in [2.75, 3.05) is 6.61 Å². The fraction of sp³-hybridized carbons (Fsp3) is 0.200. The van der Waals surface area contributed by atoms with Crippen LogP contribution in [0.4, 0.5) is 0 Å². The van der Waals surface area contributed by atoms with Crippen LogP contribution in [0.1, 0.15) is 6.92 Å². The molecule has 2 nitrogen and oxygen atoms in total. The van der Waals surface area contributed by atoms with Gasteiger partial charge in [0, 0.05) is 31.6 Å². The third-order valence-corrected chi connectivity index (χ3v) is 1.47. The van der Waals surface area contributed by atoms with Crippen LogP contribution in [0, 0.1) is 6.42 Å². The van der Waals surface area contributed by atoms with Crippen LogP contribution in [0.3, 0.4) is 0 Å². The Hall–Kier alpha value is -1.44. The highest BCUT2D eigenvalue weighted by Gasteiger charge is 2.07. The fourth-order valence-electron chi connectivity index (χ4n) is 0.820. The Morgan fingerprint density at radius 1 is 1.67 bits per heavy atom. The van der Waals surface area contributed by atoms with Gasteiger partial charge in [0.2, 0.25) is 0 Å². The van der Waals surface area contributed by atoms with Crippen LogP contribution in [-0.2, 0) is 9.53 Å². The van der Waals surface area contributed by atoms with E-state index in [1.807, 2.05) is 24.6 Å². The second kappa shape index (κ2) is 3.81. The normalized spacial score (nSPS) is 15.1. The number of carbonyl (C=O) groups excluding carboxylic acids is 1. The van der Waals surface area contributed by atoms with Gasteiger partial charge in [-0.15, -0.1) is 0 Å². The van der Waals surface area contributed by atoms with Crippen molar-refractivity contribution >= 4 is 5.97 Å². The van der Waals surface area contributed by atoms with Crippen molar-refractivity contribution in [3.8, 4) is 0 Å². The maximum Gasteiger partial charge on any atom is 0.303 e. The predicted molar refractivity (Wildman–Crippen MR) is 47.3 cm³/mol. The third-order valence-electron chi connectivity index (χ3n) is 1.47. The van der Waals surface area contributed by atoms with Crippen LogP contribution in [0.2, 0.25) is 0 Å². The van der Waals surface area contributed by atoms with Gasteiger partial charge in [0.05, 0.1) is 11.1 Å². The molecule has 0 amide bonds. The lowest BCUT2D eigenvalue weighted by atomic mass is 10.0. The Labute approximate surface area is 72.2 Å². The highest BCUT2D eigenvalue weighted by molar-refractivity contribution is 5.66. The first-order chi connectivity index (χ1) is 5.68. The molecule has 0 N–H and O–H groups in total. The van der Waals surface area contributed by atoms with Gasteiger partial charge in [-0.1, -0.05) is 0 Å². The van der Waals surface area contributed by atoms with E-state index in [0.29, 0.717) is 6.61 Å². The summed E-state index contributed by atoms with van der Waals surface area (Å²) in [4.78, 5) is 10.4. The molecule has 2 heteroatoms. The largest absolute Gasteiger partial charge is 0.450 e. The van der Waals surface area contributed by atoms with E-state index in [2.05, 4.69) is 6.58 Å². The van der Waals surface area contributed by atoms with E-state index < -0.39 is 0 Å². The van der Waals surface area contributed by atoms with E-state index in [1.165, 1.54) is 6.92 Å². The number of rotatable bonds is 2. The van der Waals surface area contributed by atoms with Crippen molar-refractivity contribution in [3.05, 3.63) is 42.4 Å². The average Bonchev–Trinajstić information content (AvgIpc) is 2.03. The minimum atomic E-state index is -0.256. The van der Waals surface area contributed by atoms with Crippen LogP contribution in [0.25, 0.3) is 0 Å². The Balaban J connectivity index is 2.40. The molecule has 1 aliphatic carbocycles. The van der Waals surface area contributed by atoms with E-state index >= 15 is 0 Å². The molecule has 0 aromatic carbocycles. The molecule has 0 heterocycles. The molecule has 0 saturated carbocycles. The summed E-state index contributed by atoms with van der Waals surface area (Å²) in [6.45, 7) is 5.49. The van der Waals surface area contributed by atoms with Crippen molar-refractivity contribution < 1.29 is 9.53 Å². The van der Waals surface area contributed by atoms with Gasteiger partial charge >= 0.3 is 5.97 Å². The lowest BCUT2D eigenvalue weighted by Crippen LogP contribution is -2.03. The molecule has 0 aliphatic heterocycles. The zero-order chi connectivity index (χ0) is 8.97. The molecule has 0 unspecified atom stereocenters. The second-order valence-corrected chi connectivity index (χ2v) is 2.60. The van der Waals surface area contributed by atoms with Crippen LogP contribution < -0.4 is 0 Å². The summed E-state index contributed by atoms with van der Waals surface area (Å²) in [6.07, 6.45) is 7.56. The molecule has 0 bridgehead atoms. The SMILES string of the molecule is C=C1C=CC(COC(C)=O)=C[CH+]1. The molecule has 0 radical (unpaired) electrons. The van der Waals surface area contributed by atoms with Gasteiger partial charge < -0.3 is 4.74 Å². The zero-order valence-corrected chi connectivity index (χ0v) is 7.04. The fourth-order valence-corrected chi connectivity index (χ4v) is 0.820. The van der Waals surface area contributed by atoms with Crippen LogP contribution in [0.5, 0.6) is 0 Å². The number of carbonyl (C=O) groups is 1. The Morgan fingerprint density at radius 2 is 2.42 bits per heavy atom. The van der Waals surface area contributed by atoms with Crippen molar-refractivity contribution in [2.24, 2.45) is 0 Å². The van der Waals surface area contributed by atoms with Crippen molar-refractivity contribution in [1.82, 2.24) is 0 Å². The van der Waals surface area contributed by atoms with Gasteiger partial charge in [-0.05, 0) is 6.58 Å². The van der Waals surface area contributed by atoms with E-state index in [-0.39, 0.29) is 5.97 Å². The van der Waals surface area contributed by atoms with Crippen molar-refractivity contribution in [3.63, 3.8) is 0 Å². The third kappa shape index (κ3) is 2.66. The quantitative estimate of drug-likeness (QED) is 0.458. The van der Waals surface area contributed by atoms with E-state index in [0.717, 1.165) is 11.1 Å². The molecular formula is C10H11O2+. The molecule has 1 aliphatic rings. The van der Waals surface area contributed by atoms with Gasteiger partial charge in [-0.3, -0.25) is 4.79 Å². The molecule has 0 aromatic heterocycles. The summed E-state index contributed by atoms with van der Waals surface area (Å²) in [5, 5.41) is 0. The van der Waals surface area contributed by atoms with Gasteiger partial charge in [0.25, 0.3) is 0 Å². The molecule has 0 fully saturated rings. The van der Waals surface area contributed by atoms with Crippen LogP contribution >= 0.6 is 0 Å². The summed E-state index contributed by atoms with van der Waals surface area (Å²) in [5.74, 6) is -0.256. The molecule has 0 atom stereocenters. The number of ether oxygens (including phenoxy) is 1. The van der Waals surface area contributed by atoms with E-state index in [9.17, 15) is 4.79 Å². The van der Waals surface area contributed by atoms with Gasteiger partial charge in [0.1, 0.15) is 6.61 Å². The second-order valence-electron chi connectivity index (χ2n) is 2.60. The van der Waals surface area contributed by atoms with E-state index in [1.54, 1.807) is 0 Å². The smallest absolute Gasteiger partial charge is 0.303 e. The summed E-state index contributed by atoms with van der Waals surface area (Å²) < 4.78 is 4.81. The minimum absolute atomic E-state index is 0.256.